The molecule has 0 bridgehead atoms. The lowest BCUT2D eigenvalue weighted by Gasteiger charge is -2.11. The Hall–Kier alpha value is -1.86. The number of nitrogens with one attached hydrogen (secondary N) is 3. The Kier molecular flexibility index (Phi) is 4.41. The van der Waals surface area contributed by atoms with Crippen LogP contribution < -0.4 is 10.0 Å². The van der Waals surface area contributed by atoms with Crippen molar-refractivity contribution >= 4 is 15.7 Å². The van der Waals surface area contributed by atoms with Gasteiger partial charge in [-0.3, -0.25) is 4.72 Å². The summed E-state index contributed by atoms with van der Waals surface area (Å²) in [7, 11) is -1.83. The number of nitrogens with zero attached hydrogens (tertiary/aromatic N) is 1. The van der Waals surface area contributed by atoms with E-state index in [-0.39, 0.29) is 5.03 Å². The van der Waals surface area contributed by atoms with Gasteiger partial charge in [-0.1, -0.05) is 25.1 Å². The molecule has 0 atom stereocenters. The van der Waals surface area contributed by atoms with Gasteiger partial charge in [-0.05, 0) is 18.7 Å². The lowest BCUT2D eigenvalue weighted by Crippen LogP contribution is -2.16. The Bertz CT molecular complexity index is 679. The molecule has 0 unspecified atom stereocenters. The first-order chi connectivity index (χ1) is 9.56. The third-order valence-electron chi connectivity index (χ3n) is 2.86. The molecule has 0 aliphatic heterocycles. The Morgan fingerprint density at radius 2 is 2.05 bits per heavy atom. The van der Waals surface area contributed by atoms with Crippen LogP contribution >= 0.6 is 0 Å². The van der Waals surface area contributed by atoms with E-state index in [0.29, 0.717) is 24.5 Å². The highest BCUT2D eigenvalue weighted by Crippen LogP contribution is 2.19. The van der Waals surface area contributed by atoms with Gasteiger partial charge in [0.25, 0.3) is 10.0 Å². The minimum absolute atomic E-state index is 0.0774. The lowest BCUT2D eigenvalue weighted by molar-refractivity contribution is 0.598. The molecule has 1 aromatic carbocycles. The Morgan fingerprint density at radius 1 is 1.30 bits per heavy atom. The summed E-state index contributed by atoms with van der Waals surface area (Å²) >= 11 is 0. The predicted molar refractivity (Wildman–Crippen MR) is 78.0 cm³/mol. The van der Waals surface area contributed by atoms with E-state index in [0.717, 1.165) is 5.56 Å². The maximum atomic E-state index is 12.3. The van der Waals surface area contributed by atoms with Crippen molar-refractivity contribution in [2.24, 2.45) is 0 Å². The molecule has 0 radical (unpaired) electrons. The third-order valence-corrected chi connectivity index (χ3v) is 4.13. The summed E-state index contributed by atoms with van der Waals surface area (Å²) in [4.78, 5) is 6.81. The molecular weight excluding hydrogens is 276 g/mol. The van der Waals surface area contributed by atoms with Crippen molar-refractivity contribution in [3.05, 3.63) is 41.9 Å². The van der Waals surface area contributed by atoms with E-state index in [9.17, 15) is 8.42 Å². The second-order valence-corrected chi connectivity index (χ2v) is 5.99. The number of para-hydroxylation sites is 1. The van der Waals surface area contributed by atoms with Crippen LogP contribution in [0.25, 0.3) is 0 Å². The summed E-state index contributed by atoms with van der Waals surface area (Å²) in [5.74, 6) is 0.647. The molecule has 1 aromatic heterocycles. The van der Waals surface area contributed by atoms with Crippen LogP contribution in [0.1, 0.15) is 18.3 Å². The van der Waals surface area contributed by atoms with Gasteiger partial charge in [-0.25, -0.2) is 4.98 Å². The molecule has 0 amide bonds. The van der Waals surface area contributed by atoms with Crippen molar-refractivity contribution in [3.8, 4) is 0 Å². The highest BCUT2D eigenvalue weighted by Gasteiger charge is 2.18. The number of benzene rings is 1. The average molecular weight is 294 g/mol. The average Bonchev–Trinajstić information content (AvgIpc) is 2.91. The first-order valence-electron chi connectivity index (χ1n) is 6.36. The van der Waals surface area contributed by atoms with Crippen molar-refractivity contribution in [3.63, 3.8) is 0 Å². The molecule has 7 heteroatoms. The molecule has 0 aliphatic rings. The zero-order valence-corrected chi connectivity index (χ0v) is 12.3. The summed E-state index contributed by atoms with van der Waals surface area (Å²) in [5, 5.41) is 3.09. The third kappa shape index (κ3) is 3.17. The minimum Gasteiger partial charge on any atom is -0.332 e. The molecule has 6 nitrogen and oxygen atoms in total. The molecule has 0 saturated carbocycles. The second kappa shape index (κ2) is 6.06. The van der Waals surface area contributed by atoms with E-state index in [2.05, 4.69) is 20.0 Å². The van der Waals surface area contributed by atoms with E-state index in [4.69, 9.17) is 0 Å². The molecule has 20 heavy (non-hydrogen) atoms. The Labute approximate surface area is 118 Å². The van der Waals surface area contributed by atoms with E-state index in [1.165, 1.54) is 6.20 Å². The van der Waals surface area contributed by atoms with Crippen LogP contribution in [0.2, 0.25) is 0 Å². The van der Waals surface area contributed by atoms with E-state index in [1.54, 1.807) is 12.1 Å². The van der Waals surface area contributed by atoms with Crippen molar-refractivity contribution in [1.82, 2.24) is 15.3 Å². The number of hydrogen-bond acceptors (Lipinski definition) is 4. The second-order valence-electron chi connectivity index (χ2n) is 4.34. The molecule has 0 spiro atoms. The van der Waals surface area contributed by atoms with Gasteiger partial charge in [0.05, 0.1) is 11.9 Å². The zero-order valence-electron chi connectivity index (χ0n) is 11.5. The van der Waals surface area contributed by atoms with Gasteiger partial charge in [-0.15, -0.1) is 0 Å². The minimum atomic E-state index is -3.64. The number of anilines is 1. The Balaban J connectivity index is 2.28. The van der Waals surface area contributed by atoms with Crippen molar-refractivity contribution in [2.75, 3.05) is 11.8 Å². The summed E-state index contributed by atoms with van der Waals surface area (Å²) in [6.07, 6.45) is 1.99. The van der Waals surface area contributed by atoms with Crippen LogP contribution in [0.4, 0.5) is 5.69 Å². The van der Waals surface area contributed by atoms with E-state index in [1.807, 2.05) is 26.1 Å². The number of aryl methyl sites for hydroxylation is 1. The fourth-order valence-corrected chi connectivity index (χ4v) is 2.87. The van der Waals surface area contributed by atoms with Crippen LogP contribution in [-0.4, -0.2) is 25.4 Å². The molecule has 0 fully saturated rings. The molecule has 1 heterocycles. The fraction of sp³-hybridized carbons (Fsp3) is 0.308. The molecule has 2 rings (SSSR count). The zero-order chi connectivity index (χ0) is 14.6. The van der Waals surface area contributed by atoms with Crippen molar-refractivity contribution in [1.29, 1.82) is 0 Å². The highest BCUT2D eigenvalue weighted by atomic mass is 32.2. The summed E-state index contributed by atoms with van der Waals surface area (Å²) in [5.41, 5.74) is 1.45. The molecular formula is C13H18N4O2S. The topological polar surface area (TPSA) is 86.9 Å². The molecule has 0 aliphatic carbocycles. The quantitative estimate of drug-likeness (QED) is 0.753. The van der Waals surface area contributed by atoms with Crippen LogP contribution in [0.15, 0.2) is 35.5 Å². The number of rotatable bonds is 6. The number of imidazole rings is 1. The maximum Gasteiger partial charge on any atom is 0.278 e. The summed E-state index contributed by atoms with van der Waals surface area (Å²) < 4.78 is 27.2. The van der Waals surface area contributed by atoms with Gasteiger partial charge < -0.3 is 10.3 Å². The number of hydrogen-bond donors (Lipinski definition) is 3. The maximum absolute atomic E-state index is 12.3. The summed E-state index contributed by atoms with van der Waals surface area (Å²) in [6.45, 7) is 2.49. The molecule has 2 aromatic rings. The van der Waals surface area contributed by atoms with Gasteiger partial charge in [0.2, 0.25) is 0 Å². The number of sulfonamides is 1. The number of aromatic nitrogens is 2. The summed E-state index contributed by atoms with van der Waals surface area (Å²) in [6, 6.07) is 7.28. The van der Waals surface area contributed by atoms with Gasteiger partial charge in [0.1, 0.15) is 5.82 Å². The van der Waals surface area contributed by atoms with Gasteiger partial charge >= 0.3 is 0 Å². The van der Waals surface area contributed by atoms with Crippen LogP contribution in [0, 0.1) is 0 Å². The van der Waals surface area contributed by atoms with E-state index >= 15 is 0 Å². The van der Waals surface area contributed by atoms with Crippen molar-refractivity contribution < 1.29 is 8.42 Å². The smallest absolute Gasteiger partial charge is 0.278 e. The lowest BCUT2D eigenvalue weighted by atomic mass is 10.2. The number of aromatic amines is 1. The van der Waals surface area contributed by atoms with Gasteiger partial charge in [0, 0.05) is 13.0 Å². The van der Waals surface area contributed by atoms with Crippen molar-refractivity contribution in [2.45, 2.75) is 24.9 Å². The molecule has 3 N–H and O–H groups in total. The first kappa shape index (κ1) is 14.5. The van der Waals surface area contributed by atoms with E-state index < -0.39 is 10.0 Å². The monoisotopic (exact) mass is 294 g/mol. The van der Waals surface area contributed by atoms with Crippen LogP contribution in [0.5, 0.6) is 0 Å². The Morgan fingerprint density at radius 3 is 2.70 bits per heavy atom. The standard InChI is InChI=1S/C13H18N4O2S/c1-3-12-15-9-13(16-12)20(18,19)17-11-7-5-4-6-10(11)8-14-2/h4-7,9,14,17H,3,8H2,1-2H3,(H,15,16). The fourth-order valence-electron chi connectivity index (χ4n) is 1.82. The first-order valence-corrected chi connectivity index (χ1v) is 7.84. The predicted octanol–water partition coefficient (Wildman–Crippen LogP) is 1.49. The van der Waals surface area contributed by atoms with Gasteiger partial charge in [-0.2, -0.15) is 8.42 Å². The highest BCUT2D eigenvalue weighted by molar-refractivity contribution is 7.92. The molecule has 0 saturated heterocycles. The SMILES string of the molecule is CCc1ncc(S(=O)(=O)Nc2ccccc2CNC)[nH]1. The molecule has 108 valence electrons. The normalized spacial score (nSPS) is 11.5. The van der Waals surface area contributed by atoms with Crippen LogP contribution in [0.3, 0.4) is 0 Å². The van der Waals surface area contributed by atoms with Crippen LogP contribution in [-0.2, 0) is 23.0 Å². The number of H-pyrrole nitrogens is 1. The largest absolute Gasteiger partial charge is 0.332 e. The van der Waals surface area contributed by atoms with Gasteiger partial charge in [0.15, 0.2) is 5.03 Å².